The molecule has 0 saturated heterocycles. The van der Waals surface area contributed by atoms with Gasteiger partial charge in [-0.15, -0.1) is 0 Å². The van der Waals surface area contributed by atoms with E-state index in [2.05, 4.69) is 13.8 Å². The Bertz CT molecular complexity index is 697. The molecule has 0 aromatic heterocycles. The molecule has 0 radical (unpaired) electrons. The van der Waals surface area contributed by atoms with Gasteiger partial charge in [-0.05, 0) is 48.7 Å². The van der Waals surface area contributed by atoms with E-state index in [1.807, 2.05) is 49.4 Å². The summed E-state index contributed by atoms with van der Waals surface area (Å²) in [7, 11) is 1.61. The average molecular weight is 310 g/mol. The fraction of sp³-hybridized carbons (Fsp3) is 0.250. The summed E-state index contributed by atoms with van der Waals surface area (Å²) in [4.78, 5) is 11.9. The number of methoxy groups -OCH3 is 1. The summed E-state index contributed by atoms with van der Waals surface area (Å²) in [5.41, 5.74) is 3.16. The number of carbonyl (C=O) groups excluding carboxylic acids is 1. The van der Waals surface area contributed by atoms with Gasteiger partial charge in [0, 0.05) is 11.6 Å². The summed E-state index contributed by atoms with van der Waals surface area (Å²) >= 11 is 0. The Labute approximate surface area is 137 Å². The van der Waals surface area contributed by atoms with Crippen molar-refractivity contribution in [2.75, 3.05) is 7.11 Å². The smallest absolute Gasteiger partial charge is 0.336 e. The number of carbonyl (C=O) groups is 1. The maximum atomic E-state index is 11.9. The molecule has 0 aliphatic heterocycles. The van der Waals surface area contributed by atoms with Gasteiger partial charge in [0.1, 0.15) is 11.5 Å². The molecule has 0 fully saturated rings. The van der Waals surface area contributed by atoms with Gasteiger partial charge in [0.2, 0.25) is 0 Å². The monoisotopic (exact) mass is 310 g/mol. The van der Waals surface area contributed by atoms with Gasteiger partial charge in [-0.1, -0.05) is 37.6 Å². The molecule has 23 heavy (non-hydrogen) atoms. The molecule has 0 atom stereocenters. The highest BCUT2D eigenvalue weighted by molar-refractivity contribution is 5.89. The van der Waals surface area contributed by atoms with Gasteiger partial charge in [-0.2, -0.15) is 0 Å². The van der Waals surface area contributed by atoms with Crippen LogP contribution in [-0.2, 0) is 4.79 Å². The zero-order valence-electron chi connectivity index (χ0n) is 14.0. The number of hydrogen-bond donors (Lipinski definition) is 0. The predicted octanol–water partition coefficient (Wildman–Crippen LogP) is 4.75. The van der Waals surface area contributed by atoms with Crippen LogP contribution in [0.25, 0.3) is 6.08 Å². The van der Waals surface area contributed by atoms with Gasteiger partial charge in [0.15, 0.2) is 0 Å². The third-order valence-corrected chi connectivity index (χ3v) is 3.55. The van der Waals surface area contributed by atoms with Crippen LogP contribution in [0.5, 0.6) is 11.5 Å². The lowest BCUT2D eigenvalue weighted by molar-refractivity contribution is -0.128. The molecule has 0 unspecified atom stereocenters. The third-order valence-electron chi connectivity index (χ3n) is 3.55. The van der Waals surface area contributed by atoms with E-state index in [-0.39, 0.29) is 0 Å². The fourth-order valence-electron chi connectivity index (χ4n) is 2.21. The Morgan fingerprint density at radius 1 is 1.09 bits per heavy atom. The highest BCUT2D eigenvalue weighted by Gasteiger charge is 2.04. The van der Waals surface area contributed by atoms with Gasteiger partial charge in [-0.25, -0.2) is 4.79 Å². The first-order valence-electron chi connectivity index (χ1n) is 7.64. The first-order chi connectivity index (χ1) is 11.0. The second kappa shape index (κ2) is 7.63. The molecule has 2 aromatic carbocycles. The summed E-state index contributed by atoms with van der Waals surface area (Å²) in [6, 6.07) is 13.4. The fourth-order valence-corrected chi connectivity index (χ4v) is 2.21. The Morgan fingerprint density at radius 3 is 2.39 bits per heavy atom. The van der Waals surface area contributed by atoms with Gasteiger partial charge in [0.25, 0.3) is 0 Å². The molecule has 0 heterocycles. The van der Waals surface area contributed by atoms with Crippen molar-refractivity contribution in [3.05, 3.63) is 65.2 Å². The van der Waals surface area contributed by atoms with Gasteiger partial charge in [-0.3, -0.25) is 0 Å². The highest BCUT2D eigenvalue weighted by Crippen LogP contribution is 2.22. The van der Waals surface area contributed by atoms with E-state index in [1.165, 1.54) is 11.6 Å². The zero-order valence-corrected chi connectivity index (χ0v) is 14.0. The molecule has 2 aromatic rings. The summed E-state index contributed by atoms with van der Waals surface area (Å²) in [5, 5.41) is 0. The summed E-state index contributed by atoms with van der Waals surface area (Å²) < 4.78 is 10.6. The number of aryl methyl sites for hydroxylation is 1. The van der Waals surface area contributed by atoms with E-state index < -0.39 is 5.97 Å². The summed E-state index contributed by atoms with van der Waals surface area (Å²) in [6.07, 6.45) is 3.12. The van der Waals surface area contributed by atoms with Crippen molar-refractivity contribution in [3.63, 3.8) is 0 Å². The van der Waals surface area contributed by atoms with E-state index >= 15 is 0 Å². The van der Waals surface area contributed by atoms with Crippen molar-refractivity contribution in [1.82, 2.24) is 0 Å². The standard InChI is InChI=1S/C20H22O3/c1-14(2)16-6-9-18(10-7-16)23-20(21)12-8-17-13-15(3)5-11-19(17)22-4/h5-14H,1-4H3/b12-8+. The number of ether oxygens (including phenoxy) is 2. The Morgan fingerprint density at radius 2 is 1.78 bits per heavy atom. The van der Waals surface area contributed by atoms with Gasteiger partial charge < -0.3 is 9.47 Å². The number of benzene rings is 2. The number of hydrogen-bond acceptors (Lipinski definition) is 3. The Kier molecular flexibility index (Phi) is 5.58. The van der Waals surface area contributed by atoms with E-state index in [4.69, 9.17) is 9.47 Å². The van der Waals surface area contributed by atoms with Gasteiger partial charge >= 0.3 is 5.97 Å². The Balaban J connectivity index is 2.05. The van der Waals surface area contributed by atoms with Gasteiger partial charge in [0.05, 0.1) is 7.11 Å². The van der Waals surface area contributed by atoms with E-state index in [1.54, 1.807) is 13.2 Å². The minimum Gasteiger partial charge on any atom is -0.496 e. The first kappa shape index (κ1) is 16.8. The largest absolute Gasteiger partial charge is 0.496 e. The lowest BCUT2D eigenvalue weighted by Crippen LogP contribution is -2.03. The molecule has 0 amide bonds. The molecule has 3 nitrogen and oxygen atoms in total. The maximum Gasteiger partial charge on any atom is 0.336 e. The third kappa shape index (κ3) is 4.71. The van der Waals surface area contributed by atoms with Crippen LogP contribution in [0, 0.1) is 6.92 Å². The van der Waals surface area contributed by atoms with Crippen LogP contribution in [0.3, 0.4) is 0 Å². The Hall–Kier alpha value is -2.55. The molecule has 3 heteroatoms. The molecule has 0 bridgehead atoms. The summed E-state index contributed by atoms with van der Waals surface area (Å²) in [6.45, 7) is 6.24. The molecule has 0 aliphatic carbocycles. The minimum absolute atomic E-state index is 0.411. The topological polar surface area (TPSA) is 35.5 Å². The number of esters is 1. The average Bonchev–Trinajstić information content (AvgIpc) is 2.53. The highest BCUT2D eigenvalue weighted by atomic mass is 16.5. The first-order valence-corrected chi connectivity index (χ1v) is 7.64. The second-order valence-electron chi connectivity index (χ2n) is 5.72. The molecular weight excluding hydrogens is 288 g/mol. The molecule has 2 rings (SSSR count). The summed E-state index contributed by atoms with van der Waals surface area (Å²) in [5.74, 6) is 1.31. The van der Waals surface area contributed by atoms with E-state index in [9.17, 15) is 4.79 Å². The minimum atomic E-state index is -0.411. The van der Waals surface area contributed by atoms with Crippen LogP contribution in [0.2, 0.25) is 0 Å². The molecule has 0 aliphatic rings. The van der Waals surface area contributed by atoms with Crippen LogP contribution in [0.15, 0.2) is 48.5 Å². The second-order valence-corrected chi connectivity index (χ2v) is 5.72. The molecule has 0 N–H and O–H groups in total. The van der Waals surface area contributed by atoms with E-state index in [0.717, 1.165) is 16.9 Å². The number of rotatable bonds is 5. The van der Waals surface area contributed by atoms with Crippen molar-refractivity contribution < 1.29 is 14.3 Å². The van der Waals surface area contributed by atoms with Crippen LogP contribution in [0.4, 0.5) is 0 Å². The van der Waals surface area contributed by atoms with Crippen LogP contribution in [0.1, 0.15) is 36.5 Å². The lowest BCUT2D eigenvalue weighted by Gasteiger charge is -2.07. The van der Waals surface area contributed by atoms with Crippen molar-refractivity contribution in [2.24, 2.45) is 0 Å². The zero-order chi connectivity index (χ0) is 16.8. The molecule has 0 spiro atoms. The van der Waals surface area contributed by atoms with Crippen LogP contribution < -0.4 is 9.47 Å². The van der Waals surface area contributed by atoms with Crippen LogP contribution in [-0.4, -0.2) is 13.1 Å². The van der Waals surface area contributed by atoms with Crippen molar-refractivity contribution in [2.45, 2.75) is 26.7 Å². The quantitative estimate of drug-likeness (QED) is 0.454. The maximum absolute atomic E-state index is 11.9. The lowest BCUT2D eigenvalue weighted by atomic mass is 10.0. The van der Waals surface area contributed by atoms with Crippen molar-refractivity contribution in [3.8, 4) is 11.5 Å². The van der Waals surface area contributed by atoms with Crippen molar-refractivity contribution in [1.29, 1.82) is 0 Å². The SMILES string of the molecule is COc1ccc(C)cc1/C=C/C(=O)Oc1ccc(C(C)C)cc1. The predicted molar refractivity (Wildman–Crippen MR) is 92.9 cm³/mol. The normalized spacial score (nSPS) is 11.0. The van der Waals surface area contributed by atoms with Crippen LogP contribution >= 0.6 is 0 Å². The van der Waals surface area contributed by atoms with Crippen molar-refractivity contribution >= 4 is 12.0 Å². The molecular formula is C20H22O3. The van der Waals surface area contributed by atoms with E-state index in [0.29, 0.717) is 11.7 Å². The molecule has 120 valence electrons. The molecule has 0 saturated carbocycles.